The Morgan fingerprint density at radius 3 is 2.08 bits per heavy atom. The molecule has 134 valence electrons. The van der Waals surface area contributed by atoms with Gasteiger partial charge in [-0.3, -0.25) is 9.69 Å². The van der Waals surface area contributed by atoms with Gasteiger partial charge in [-0.1, -0.05) is 18.2 Å². The Balaban J connectivity index is 1.97. The van der Waals surface area contributed by atoms with Crippen molar-refractivity contribution < 1.29 is 9.53 Å². The molecule has 0 aliphatic carbocycles. The molecule has 0 aliphatic heterocycles. The number of methoxy groups -OCH3 is 1. The zero-order valence-electron chi connectivity index (χ0n) is 16.1. The van der Waals surface area contributed by atoms with Gasteiger partial charge in [0.05, 0.1) is 13.7 Å². The zero-order chi connectivity index (χ0) is 18.6. The summed E-state index contributed by atoms with van der Waals surface area (Å²) in [5, 5.41) is 2.98. The van der Waals surface area contributed by atoms with Crippen molar-refractivity contribution in [1.82, 2.24) is 4.90 Å². The fourth-order valence-corrected chi connectivity index (χ4v) is 3.31. The molecule has 25 heavy (non-hydrogen) atoms. The summed E-state index contributed by atoms with van der Waals surface area (Å²) in [5.41, 5.74) is 6.56. The highest BCUT2D eigenvalue weighted by molar-refractivity contribution is 5.92. The van der Waals surface area contributed by atoms with Crippen LogP contribution in [0.25, 0.3) is 0 Å². The van der Waals surface area contributed by atoms with Crippen molar-refractivity contribution in [2.45, 2.75) is 34.2 Å². The van der Waals surface area contributed by atoms with Crippen LogP contribution in [-0.4, -0.2) is 31.5 Å². The van der Waals surface area contributed by atoms with E-state index in [9.17, 15) is 4.79 Å². The van der Waals surface area contributed by atoms with Gasteiger partial charge in [-0.25, -0.2) is 0 Å². The maximum atomic E-state index is 12.3. The van der Waals surface area contributed by atoms with Crippen molar-refractivity contribution in [3.8, 4) is 5.75 Å². The van der Waals surface area contributed by atoms with Gasteiger partial charge >= 0.3 is 0 Å². The van der Waals surface area contributed by atoms with E-state index in [2.05, 4.69) is 23.5 Å². The number of aryl methyl sites for hydroxylation is 4. The van der Waals surface area contributed by atoms with E-state index in [1.807, 2.05) is 51.8 Å². The minimum atomic E-state index is -0.00513. The van der Waals surface area contributed by atoms with E-state index in [0.29, 0.717) is 13.1 Å². The highest BCUT2D eigenvalue weighted by Crippen LogP contribution is 2.24. The second-order valence-corrected chi connectivity index (χ2v) is 6.86. The number of hydrogen-bond donors (Lipinski definition) is 1. The van der Waals surface area contributed by atoms with Gasteiger partial charge in [0.25, 0.3) is 0 Å². The van der Waals surface area contributed by atoms with Crippen LogP contribution in [0.1, 0.15) is 27.8 Å². The summed E-state index contributed by atoms with van der Waals surface area (Å²) in [6.45, 7) is 9.21. The van der Waals surface area contributed by atoms with Gasteiger partial charge in [0.2, 0.25) is 5.91 Å². The Bertz CT molecular complexity index is 725. The molecule has 0 saturated heterocycles. The predicted molar refractivity (Wildman–Crippen MR) is 103 cm³/mol. The third-order valence-corrected chi connectivity index (χ3v) is 4.10. The Labute approximate surface area is 150 Å². The lowest BCUT2D eigenvalue weighted by Crippen LogP contribution is -2.29. The molecule has 2 aromatic rings. The van der Waals surface area contributed by atoms with Crippen molar-refractivity contribution in [2.24, 2.45) is 0 Å². The van der Waals surface area contributed by atoms with Gasteiger partial charge in [0, 0.05) is 12.2 Å². The molecule has 0 atom stereocenters. The zero-order valence-corrected chi connectivity index (χ0v) is 16.1. The molecule has 0 saturated carbocycles. The lowest BCUT2D eigenvalue weighted by molar-refractivity contribution is -0.117. The van der Waals surface area contributed by atoms with Crippen LogP contribution in [0.4, 0.5) is 5.69 Å². The number of anilines is 1. The van der Waals surface area contributed by atoms with Crippen LogP contribution < -0.4 is 10.1 Å². The average molecular weight is 340 g/mol. The molecule has 2 rings (SSSR count). The molecule has 1 amide bonds. The van der Waals surface area contributed by atoms with E-state index < -0.39 is 0 Å². The molecule has 0 bridgehead atoms. The Hall–Kier alpha value is -2.33. The summed E-state index contributed by atoms with van der Waals surface area (Å²) in [6, 6.07) is 10.3. The summed E-state index contributed by atoms with van der Waals surface area (Å²) in [4.78, 5) is 14.3. The van der Waals surface area contributed by atoms with Gasteiger partial charge in [-0.05, 0) is 74.7 Å². The molecule has 0 unspecified atom stereocenters. The first-order chi connectivity index (χ1) is 11.8. The van der Waals surface area contributed by atoms with Crippen molar-refractivity contribution in [3.05, 3.63) is 58.1 Å². The Morgan fingerprint density at radius 1 is 1.00 bits per heavy atom. The number of likely N-dealkylation sites (N-methyl/N-ethyl adjacent to an activating group) is 1. The van der Waals surface area contributed by atoms with E-state index in [-0.39, 0.29) is 5.91 Å². The van der Waals surface area contributed by atoms with E-state index in [1.54, 1.807) is 7.11 Å². The quantitative estimate of drug-likeness (QED) is 0.864. The maximum Gasteiger partial charge on any atom is 0.238 e. The van der Waals surface area contributed by atoms with Crippen molar-refractivity contribution >= 4 is 11.6 Å². The smallest absolute Gasteiger partial charge is 0.238 e. The topological polar surface area (TPSA) is 41.6 Å². The Kier molecular flexibility index (Phi) is 6.21. The molecular formula is C21H28N2O2. The first-order valence-electron chi connectivity index (χ1n) is 8.49. The minimum absolute atomic E-state index is 0.00513. The van der Waals surface area contributed by atoms with Crippen molar-refractivity contribution in [2.75, 3.05) is 26.0 Å². The van der Waals surface area contributed by atoms with Crippen LogP contribution in [0.3, 0.4) is 0 Å². The molecule has 0 spiro atoms. The lowest BCUT2D eigenvalue weighted by Gasteiger charge is -2.18. The third kappa shape index (κ3) is 5.33. The fourth-order valence-electron chi connectivity index (χ4n) is 3.31. The summed E-state index contributed by atoms with van der Waals surface area (Å²) >= 11 is 0. The second-order valence-electron chi connectivity index (χ2n) is 6.86. The standard InChI is InChI=1S/C21H28N2O2/c1-14-7-15(2)9-19(8-14)22-20(24)13-23(5)12-18-10-16(3)21(25-6)17(4)11-18/h7-11H,12-13H2,1-6H3,(H,22,24). The molecule has 4 nitrogen and oxygen atoms in total. The molecule has 1 N–H and O–H groups in total. The summed E-state index contributed by atoms with van der Waals surface area (Å²) in [6.07, 6.45) is 0. The molecule has 0 heterocycles. The van der Waals surface area contributed by atoms with Crippen LogP contribution in [0.15, 0.2) is 30.3 Å². The number of nitrogens with one attached hydrogen (secondary N) is 1. The van der Waals surface area contributed by atoms with Gasteiger partial charge in [-0.15, -0.1) is 0 Å². The largest absolute Gasteiger partial charge is 0.496 e. The number of carbonyl (C=O) groups is 1. The number of ether oxygens (including phenoxy) is 1. The highest BCUT2D eigenvalue weighted by Gasteiger charge is 2.10. The number of amides is 1. The SMILES string of the molecule is COc1c(C)cc(CN(C)CC(=O)Nc2cc(C)cc(C)c2)cc1C. The molecule has 4 heteroatoms. The molecule has 0 aliphatic rings. The predicted octanol–water partition coefficient (Wildman–Crippen LogP) is 4.00. The molecule has 0 aromatic heterocycles. The van der Waals surface area contributed by atoms with Crippen LogP contribution >= 0.6 is 0 Å². The van der Waals surface area contributed by atoms with E-state index >= 15 is 0 Å². The van der Waals surface area contributed by atoms with Crippen LogP contribution in [0.5, 0.6) is 5.75 Å². The van der Waals surface area contributed by atoms with Crippen molar-refractivity contribution in [1.29, 1.82) is 0 Å². The van der Waals surface area contributed by atoms with E-state index in [4.69, 9.17) is 4.74 Å². The average Bonchev–Trinajstić information content (AvgIpc) is 2.45. The maximum absolute atomic E-state index is 12.3. The Morgan fingerprint density at radius 2 is 1.56 bits per heavy atom. The van der Waals surface area contributed by atoms with Gasteiger partial charge in [0.1, 0.15) is 5.75 Å². The van der Waals surface area contributed by atoms with Crippen LogP contribution in [-0.2, 0) is 11.3 Å². The third-order valence-electron chi connectivity index (χ3n) is 4.10. The fraction of sp³-hybridized carbons (Fsp3) is 0.381. The van der Waals surface area contributed by atoms with E-state index in [0.717, 1.165) is 33.7 Å². The summed E-state index contributed by atoms with van der Waals surface area (Å²) in [5.74, 6) is 0.924. The highest BCUT2D eigenvalue weighted by atomic mass is 16.5. The number of benzene rings is 2. The summed E-state index contributed by atoms with van der Waals surface area (Å²) in [7, 11) is 3.65. The first-order valence-corrected chi connectivity index (χ1v) is 8.49. The molecular weight excluding hydrogens is 312 g/mol. The number of hydrogen-bond acceptors (Lipinski definition) is 3. The van der Waals surface area contributed by atoms with Gasteiger partial charge < -0.3 is 10.1 Å². The van der Waals surface area contributed by atoms with Crippen LogP contribution in [0, 0.1) is 27.7 Å². The molecule has 0 radical (unpaired) electrons. The lowest BCUT2D eigenvalue weighted by atomic mass is 10.1. The van der Waals surface area contributed by atoms with Crippen molar-refractivity contribution in [3.63, 3.8) is 0 Å². The number of rotatable bonds is 6. The minimum Gasteiger partial charge on any atom is -0.496 e. The molecule has 0 fully saturated rings. The number of carbonyl (C=O) groups excluding carboxylic acids is 1. The second kappa shape index (κ2) is 8.17. The van der Waals surface area contributed by atoms with Gasteiger partial charge in [0.15, 0.2) is 0 Å². The monoisotopic (exact) mass is 340 g/mol. The van der Waals surface area contributed by atoms with Crippen LogP contribution in [0.2, 0.25) is 0 Å². The van der Waals surface area contributed by atoms with E-state index in [1.165, 1.54) is 5.56 Å². The van der Waals surface area contributed by atoms with Gasteiger partial charge in [-0.2, -0.15) is 0 Å². The first kappa shape index (κ1) is 19.0. The summed E-state index contributed by atoms with van der Waals surface area (Å²) < 4.78 is 5.41. The normalized spacial score (nSPS) is 10.8. The number of nitrogens with zero attached hydrogens (tertiary/aromatic N) is 1. The molecule has 2 aromatic carbocycles.